The van der Waals surface area contributed by atoms with Crippen molar-refractivity contribution in [3.8, 4) is 45.6 Å². The predicted molar refractivity (Wildman–Crippen MR) is 155 cm³/mol. The number of aromatic nitrogens is 6. The van der Waals surface area contributed by atoms with E-state index in [2.05, 4.69) is 106 Å². The molecule has 0 atom stereocenters. The highest BCUT2D eigenvalue weighted by Crippen LogP contribution is 2.27. The van der Waals surface area contributed by atoms with Crippen LogP contribution < -0.4 is 9.80 Å². The number of hydrogen-bond acceptors (Lipinski definition) is 6. The average molecular weight is 507 g/mol. The number of rotatable bonds is 10. The highest BCUT2D eigenvalue weighted by Gasteiger charge is 2.13. The normalized spacial score (nSPS) is 11.1. The van der Waals surface area contributed by atoms with Crippen LogP contribution in [-0.4, -0.2) is 56.5 Å². The van der Waals surface area contributed by atoms with Gasteiger partial charge >= 0.3 is 0 Å². The number of H-pyrrole nitrogens is 2. The van der Waals surface area contributed by atoms with Gasteiger partial charge in [0.2, 0.25) is 0 Å². The van der Waals surface area contributed by atoms with E-state index in [1.165, 1.54) is 11.4 Å². The van der Waals surface area contributed by atoms with Crippen molar-refractivity contribution in [2.75, 3.05) is 36.0 Å². The van der Waals surface area contributed by atoms with Crippen LogP contribution in [0.1, 0.15) is 27.7 Å². The van der Waals surface area contributed by atoms with E-state index in [-0.39, 0.29) is 0 Å². The van der Waals surface area contributed by atoms with Crippen molar-refractivity contribution in [3.05, 3.63) is 72.8 Å². The molecule has 8 nitrogen and oxygen atoms in total. The van der Waals surface area contributed by atoms with Gasteiger partial charge in [0.1, 0.15) is 0 Å². The summed E-state index contributed by atoms with van der Waals surface area (Å²) in [5.74, 6) is 2.75. The molecular weight excluding hydrogens is 472 g/mol. The lowest BCUT2D eigenvalue weighted by atomic mass is 10.1. The molecule has 0 aliphatic heterocycles. The Labute approximate surface area is 223 Å². The fourth-order valence-electron chi connectivity index (χ4n) is 4.68. The van der Waals surface area contributed by atoms with Gasteiger partial charge in [0.05, 0.1) is 0 Å². The summed E-state index contributed by atoms with van der Waals surface area (Å²) < 4.78 is 0. The van der Waals surface area contributed by atoms with Gasteiger partial charge in [0, 0.05) is 59.8 Å². The largest absolute Gasteiger partial charge is 0.372 e. The summed E-state index contributed by atoms with van der Waals surface area (Å²) in [5, 5.41) is 15.1. The first kappa shape index (κ1) is 25.2. The topological polar surface area (TPSA) is 89.6 Å². The molecule has 2 N–H and O–H groups in total. The summed E-state index contributed by atoms with van der Waals surface area (Å²) in [6, 6.07) is 24.8. The molecule has 0 spiro atoms. The Bertz CT molecular complexity index is 1350. The third-order valence-corrected chi connectivity index (χ3v) is 6.89. The molecule has 3 aromatic carbocycles. The molecule has 0 radical (unpaired) electrons. The standard InChI is InChI=1S/C30H34N8/c1-5-37(6-2)25-16-12-21(13-17-25)27-31-29(35-33-27)23-10-9-11-24(20-23)30-32-28(34-36-30)22-14-18-26(19-15-22)38(7-3)8-4/h9-20H,5-8H2,1-4H3,(H,31,33,35)(H,32,34,36). The van der Waals surface area contributed by atoms with Crippen molar-refractivity contribution in [2.45, 2.75) is 27.7 Å². The summed E-state index contributed by atoms with van der Waals surface area (Å²) in [6.07, 6.45) is 0. The van der Waals surface area contributed by atoms with Crippen molar-refractivity contribution < 1.29 is 0 Å². The van der Waals surface area contributed by atoms with Gasteiger partial charge in [-0.1, -0.05) is 18.2 Å². The molecule has 0 aliphatic rings. The van der Waals surface area contributed by atoms with Crippen molar-refractivity contribution >= 4 is 11.4 Å². The predicted octanol–water partition coefficient (Wildman–Crippen LogP) is 6.28. The molecule has 2 aromatic heterocycles. The van der Waals surface area contributed by atoms with Gasteiger partial charge in [-0.05, 0) is 82.3 Å². The van der Waals surface area contributed by atoms with E-state index >= 15 is 0 Å². The zero-order chi connectivity index (χ0) is 26.5. The number of benzene rings is 3. The zero-order valence-corrected chi connectivity index (χ0v) is 22.4. The number of aromatic amines is 2. The Hall–Kier alpha value is -4.46. The van der Waals surface area contributed by atoms with Crippen molar-refractivity contribution in [3.63, 3.8) is 0 Å². The summed E-state index contributed by atoms with van der Waals surface area (Å²) >= 11 is 0. The molecule has 5 rings (SSSR count). The Morgan fingerprint density at radius 1 is 0.526 bits per heavy atom. The first-order valence-electron chi connectivity index (χ1n) is 13.3. The number of nitrogens with one attached hydrogen (secondary N) is 2. The smallest absolute Gasteiger partial charge is 0.181 e. The second-order valence-electron chi connectivity index (χ2n) is 9.03. The maximum absolute atomic E-state index is 4.76. The van der Waals surface area contributed by atoms with E-state index < -0.39 is 0 Å². The number of hydrogen-bond donors (Lipinski definition) is 2. The third kappa shape index (κ3) is 5.16. The van der Waals surface area contributed by atoms with Crippen molar-refractivity contribution in [1.29, 1.82) is 0 Å². The molecular formula is C30H34N8. The number of nitrogens with zero attached hydrogens (tertiary/aromatic N) is 6. The van der Waals surface area contributed by atoms with E-state index in [0.29, 0.717) is 11.6 Å². The van der Waals surface area contributed by atoms with Crippen molar-refractivity contribution in [1.82, 2.24) is 30.4 Å². The minimum absolute atomic E-state index is 0.636. The molecule has 0 fully saturated rings. The molecule has 0 unspecified atom stereocenters. The van der Waals surface area contributed by atoms with Crippen LogP contribution in [-0.2, 0) is 0 Å². The van der Waals surface area contributed by atoms with E-state index in [1.54, 1.807) is 0 Å². The van der Waals surface area contributed by atoms with E-state index in [1.807, 2.05) is 24.3 Å². The molecule has 194 valence electrons. The van der Waals surface area contributed by atoms with Gasteiger partial charge in [-0.25, -0.2) is 9.97 Å². The highest BCUT2D eigenvalue weighted by atomic mass is 15.2. The lowest BCUT2D eigenvalue weighted by molar-refractivity contribution is 0.866. The maximum atomic E-state index is 4.76. The van der Waals surface area contributed by atoms with E-state index in [0.717, 1.165) is 60.1 Å². The molecule has 0 aliphatic carbocycles. The highest BCUT2D eigenvalue weighted by molar-refractivity contribution is 5.69. The summed E-state index contributed by atoms with van der Waals surface area (Å²) in [5.41, 5.74) is 6.22. The third-order valence-electron chi connectivity index (χ3n) is 6.89. The molecule has 38 heavy (non-hydrogen) atoms. The van der Waals surface area contributed by atoms with Crippen molar-refractivity contribution in [2.24, 2.45) is 0 Å². The van der Waals surface area contributed by atoms with Crippen LogP contribution in [0.4, 0.5) is 11.4 Å². The van der Waals surface area contributed by atoms with Gasteiger partial charge in [-0.3, -0.25) is 10.2 Å². The van der Waals surface area contributed by atoms with Crippen LogP contribution in [0.3, 0.4) is 0 Å². The lowest BCUT2D eigenvalue weighted by Gasteiger charge is -2.20. The first-order valence-corrected chi connectivity index (χ1v) is 13.3. The first-order chi connectivity index (χ1) is 18.6. The average Bonchev–Trinajstić information content (AvgIpc) is 3.66. The minimum atomic E-state index is 0.636. The SMILES string of the molecule is CCN(CC)c1ccc(-c2nc(-c3cccc(-c4n[nH]c(-c5ccc(N(CC)CC)cc5)n4)c3)n[nH]2)cc1. The zero-order valence-electron chi connectivity index (χ0n) is 22.4. The van der Waals surface area contributed by atoms with Crippen LogP contribution in [0.2, 0.25) is 0 Å². The number of anilines is 2. The lowest BCUT2D eigenvalue weighted by Crippen LogP contribution is -2.21. The van der Waals surface area contributed by atoms with Gasteiger partial charge in [0.15, 0.2) is 23.3 Å². The fourth-order valence-corrected chi connectivity index (χ4v) is 4.68. The Morgan fingerprint density at radius 3 is 1.29 bits per heavy atom. The second-order valence-corrected chi connectivity index (χ2v) is 9.03. The van der Waals surface area contributed by atoms with Crippen LogP contribution >= 0.6 is 0 Å². The second kappa shape index (κ2) is 11.3. The summed E-state index contributed by atoms with van der Waals surface area (Å²) in [6.45, 7) is 12.6. The van der Waals surface area contributed by atoms with Crippen LogP contribution in [0.15, 0.2) is 72.8 Å². The van der Waals surface area contributed by atoms with Crippen LogP contribution in [0, 0.1) is 0 Å². The molecule has 2 heterocycles. The maximum Gasteiger partial charge on any atom is 0.181 e. The molecule has 8 heteroatoms. The summed E-state index contributed by atoms with van der Waals surface area (Å²) in [4.78, 5) is 14.1. The van der Waals surface area contributed by atoms with Gasteiger partial charge in [0.25, 0.3) is 0 Å². The Kier molecular flexibility index (Phi) is 7.49. The molecule has 0 bridgehead atoms. The summed E-state index contributed by atoms with van der Waals surface area (Å²) in [7, 11) is 0. The van der Waals surface area contributed by atoms with Gasteiger partial charge in [-0.2, -0.15) is 10.2 Å². The fraction of sp³-hybridized carbons (Fsp3) is 0.267. The molecule has 0 saturated heterocycles. The Balaban J connectivity index is 1.34. The molecule has 0 amide bonds. The van der Waals surface area contributed by atoms with Crippen LogP contribution in [0.5, 0.6) is 0 Å². The quantitative estimate of drug-likeness (QED) is 0.232. The van der Waals surface area contributed by atoms with Crippen LogP contribution in [0.25, 0.3) is 45.6 Å². The van der Waals surface area contributed by atoms with E-state index in [9.17, 15) is 0 Å². The minimum Gasteiger partial charge on any atom is -0.372 e. The van der Waals surface area contributed by atoms with E-state index in [4.69, 9.17) is 9.97 Å². The monoisotopic (exact) mass is 506 g/mol. The Morgan fingerprint density at radius 2 is 0.921 bits per heavy atom. The van der Waals surface area contributed by atoms with Gasteiger partial charge < -0.3 is 9.80 Å². The molecule has 0 saturated carbocycles. The van der Waals surface area contributed by atoms with Gasteiger partial charge in [-0.15, -0.1) is 0 Å². The molecule has 5 aromatic rings.